The predicted octanol–water partition coefficient (Wildman–Crippen LogP) is 1.12. The average molecular weight is 309 g/mol. The Kier molecular flexibility index (Phi) is 4.83. The topological polar surface area (TPSA) is 105 Å². The lowest BCUT2D eigenvalue weighted by Crippen LogP contribution is -2.40. The van der Waals surface area contributed by atoms with Crippen LogP contribution in [0.15, 0.2) is 23.1 Å². The van der Waals surface area contributed by atoms with Crippen LogP contribution in [-0.4, -0.2) is 27.6 Å². The molecule has 6 nitrogen and oxygen atoms in total. The second-order valence-corrected chi connectivity index (χ2v) is 6.89. The summed E-state index contributed by atoms with van der Waals surface area (Å²) in [5, 5.41) is 8.85. The number of hydrogen-bond donors (Lipinski definition) is 2. The molecule has 1 aromatic rings. The first-order chi connectivity index (χ1) is 9.96. The Morgan fingerprint density at radius 1 is 1.33 bits per heavy atom. The van der Waals surface area contributed by atoms with Crippen molar-refractivity contribution in [3.63, 3.8) is 0 Å². The fourth-order valence-corrected chi connectivity index (χ4v) is 3.93. The molecule has 0 aromatic heterocycles. The van der Waals surface area contributed by atoms with Gasteiger partial charge in [0.25, 0.3) is 0 Å². The lowest BCUT2D eigenvalue weighted by molar-refractivity contribution is 0.371. The van der Waals surface area contributed by atoms with Crippen LogP contribution < -0.4 is 15.2 Å². The molecule has 1 aromatic carbocycles. The molecule has 1 aliphatic carbocycles. The van der Waals surface area contributed by atoms with Crippen LogP contribution in [-0.2, 0) is 10.0 Å². The number of methoxy groups -OCH3 is 1. The van der Waals surface area contributed by atoms with Crippen LogP contribution in [0.4, 0.5) is 0 Å². The van der Waals surface area contributed by atoms with Crippen molar-refractivity contribution in [3.05, 3.63) is 23.8 Å². The van der Waals surface area contributed by atoms with Gasteiger partial charge in [0.1, 0.15) is 10.6 Å². The van der Waals surface area contributed by atoms with Crippen LogP contribution in [0.2, 0.25) is 0 Å². The van der Waals surface area contributed by atoms with Crippen LogP contribution in [0.25, 0.3) is 0 Å². The molecule has 0 saturated heterocycles. The summed E-state index contributed by atoms with van der Waals surface area (Å²) < 4.78 is 32.7. The normalized spacial score (nSPS) is 22.5. The number of hydrogen-bond acceptors (Lipinski definition) is 5. The highest BCUT2D eigenvalue weighted by Gasteiger charge is 2.26. The van der Waals surface area contributed by atoms with Gasteiger partial charge in [-0.2, -0.15) is 5.26 Å². The van der Waals surface area contributed by atoms with Crippen LogP contribution in [0.3, 0.4) is 0 Å². The first kappa shape index (κ1) is 15.8. The smallest absolute Gasteiger partial charge is 0.244 e. The summed E-state index contributed by atoms with van der Waals surface area (Å²) in [6, 6.07) is 6.30. The van der Waals surface area contributed by atoms with E-state index in [0.29, 0.717) is 5.56 Å². The minimum Gasteiger partial charge on any atom is -0.495 e. The van der Waals surface area contributed by atoms with Gasteiger partial charge < -0.3 is 10.5 Å². The van der Waals surface area contributed by atoms with Crippen LogP contribution in [0, 0.1) is 11.3 Å². The molecule has 0 atom stereocenters. The molecule has 114 valence electrons. The molecule has 0 heterocycles. The van der Waals surface area contributed by atoms with Crippen molar-refractivity contribution in [1.29, 1.82) is 5.26 Å². The van der Waals surface area contributed by atoms with Crippen molar-refractivity contribution < 1.29 is 13.2 Å². The van der Waals surface area contributed by atoms with Gasteiger partial charge in [0, 0.05) is 12.1 Å². The van der Waals surface area contributed by atoms with Crippen molar-refractivity contribution in [2.24, 2.45) is 5.73 Å². The summed E-state index contributed by atoms with van der Waals surface area (Å²) in [5.41, 5.74) is 6.18. The van der Waals surface area contributed by atoms with Gasteiger partial charge in [-0.25, -0.2) is 13.1 Å². The van der Waals surface area contributed by atoms with Crippen LogP contribution >= 0.6 is 0 Å². The predicted molar refractivity (Wildman–Crippen MR) is 78.3 cm³/mol. The summed E-state index contributed by atoms with van der Waals surface area (Å²) in [5.74, 6) is 0.175. The molecule has 1 fully saturated rings. The first-order valence-corrected chi connectivity index (χ1v) is 8.30. The number of nitrogens with one attached hydrogen (secondary N) is 1. The number of nitrogens with two attached hydrogens (primary N) is 1. The summed E-state index contributed by atoms with van der Waals surface area (Å²) in [6.07, 6.45) is 3.10. The van der Waals surface area contributed by atoms with Gasteiger partial charge in [-0.05, 0) is 43.9 Å². The zero-order valence-electron chi connectivity index (χ0n) is 11.9. The standard InChI is InChI=1S/C14H19N3O3S/c1-20-13-8-10(9-15)2-7-14(13)21(18,19)17-12-5-3-11(16)4-6-12/h2,7-8,11-12,17H,3-6,16H2,1H3. The molecule has 1 saturated carbocycles. The van der Waals surface area contributed by atoms with Crippen LogP contribution in [0.1, 0.15) is 31.2 Å². The Morgan fingerprint density at radius 2 is 2.00 bits per heavy atom. The molecule has 3 N–H and O–H groups in total. The number of ether oxygens (including phenoxy) is 1. The van der Waals surface area contributed by atoms with Gasteiger partial charge in [-0.1, -0.05) is 0 Å². The van der Waals surface area contributed by atoms with Crippen molar-refractivity contribution in [2.75, 3.05) is 7.11 Å². The second kappa shape index (κ2) is 6.43. The highest BCUT2D eigenvalue weighted by molar-refractivity contribution is 7.89. The highest BCUT2D eigenvalue weighted by atomic mass is 32.2. The van der Waals surface area contributed by atoms with E-state index in [1.165, 1.54) is 25.3 Å². The van der Waals surface area contributed by atoms with Gasteiger partial charge >= 0.3 is 0 Å². The Morgan fingerprint density at radius 3 is 2.57 bits per heavy atom. The molecule has 7 heteroatoms. The third kappa shape index (κ3) is 3.73. The molecule has 0 radical (unpaired) electrons. The SMILES string of the molecule is COc1cc(C#N)ccc1S(=O)(=O)NC1CCC(N)CC1. The van der Waals surface area contributed by atoms with E-state index < -0.39 is 10.0 Å². The molecule has 0 aliphatic heterocycles. The molecule has 21 heavy (non-hydrogen) atoms. The van der Waals surface area contributed by atoms with Gasteiger partial charge in [-0.3, -0.25) is 0 Å². The summed E-state index contributed by atoms with van der Waals surface area (Å²) in [4.78, 5) is 0.0545. The largest absolute Gasteiger partial charge is 0.495 e. The maximum absolute atomic E-state index is 12.5. The Hall–Kier alpha value is -1.62. The third-order valence-corrected chi connectivity index (χ3v) is 5.24. The summed E-state index contributed by atoms with van der Waals surface area (Å²) in [6.45, 7) is 0. The number of nitrogens with zero attached hydrogens (tertiary/aromatic N) is 1. The van der Waals surface area contributed by atoms with E-state index in [1.807, 2.05) is 6.07 Å². The molecule has 0 unspecified atom stereocenters. The molecule has 0 bridgehead atoms. The minimum absolute atomic E-state index is 0.0545. The van der Waals surface area contributed by atoms with Crippen molar-refractivity contribution in [1.82, 2.24) is 4.72 Å². The Balaban J connectivity index is 2.21. The first-order valence-electron chi connectivity index (χ1n) is 6.82. The van der Waals surface area contributed by atoms with Gasteiger partial charge in [0.2, 0.25) is 10.0 Å². The van der Waals surface area contributed by atoms with Crippen molar-refractivity contribution >= 4 is 10.0 Å². The van der Waals surface area contributed by atoms with Gasteiger partial charge in [0.15, 0.2) is 0 Å². The molecular formula is C14H19N3O3S. The molecule has 0 amide bonds. The average Bonchev–Trinajstić information content (AvgIpc) is 2.48. The van der Waals surface area contributed by atoms with Gasteiger partial charge in [-0.15, -0.1) is 0 Å². The van der Waals surface area contributed by atoms with E-state index in [4.69, 9.17) is 15.7 Å². The van der Waals surface area contributed by atoms with E-state index in [-0.39, 0.29) is 22.7 Å². The quantitative estimate of drug-likeness (QED) is 0.867. The lowest BCUT2D eigenvalue weighted by Gasteiger charge is -2.26. The Labute approximate surface area is 125 Å². The second-order valence-electron chi connectivity index (χ2n) is 5.21. The Bertz CT molecular complexity index is 644. The molecule has 0 spiro atoms. The lowest BCUT2D eigenvalue weighted by atomic mass is 9.93. The fraction of sp³-hybridized carbons (Fsp3) is 0.500. The van der Waals surface area contributed by atoms with Gasteiger partial charge in [0.05, 0.1) is 18.7 Å². The maximum Gasteiger partial charge on any atom is 0.244 e. The van der Waals surface area contributed by atoms with E-state index in [9.17, 15) is 8.42 Å². The number of nitriles is 1. The fourth-order valence-electron chi connectivity index (χ4n) is 2.48. The van der Waals surface area contributed by atoms with E-state index in [0.717, 1.165) is 25.7 Å². The molecule has 2 rings (SSSR count). The maximum atomic E-state index is 12.5. The van der Waals surface area contributed by atoms with Crippen molar-refractivity contribution in [3.8, 4) is 11.8 Å². The monoisotopic (exact) mass is 309 g/mol. The minimum atomic E-state index is -3.67. The molecular weight excluding hydrogens is 290 g/mol. The van der Waals surface area contributed by atoms with Crippen molar-refractivity contribution in [2.45, 2.75) is 42.7 Å². The van der Waals surface area contributed by atoms with E-state index in [1.54, 1.807) is 0 Å². The highest BCUT2D eigenvalue weighted by Crippen LogP contribution is 2.26. The summed E-state index contributed by atoms with van der Waals surface area (Å²) in [7, 11) is -2.29. The third-order valence-electron chi connectivity index (χ3n) is 3.68. The van der Waals surface area contributed by atoms with E-state index in [2.05, 4.69) is 4.72 Å². The van der Waals surface area contributed by atoms with Crippen LogP contribution in [0.5, 0.6) is 5.75 Å². The summed E-state index contributed by atoms with van der Waals surface area (Å²) >= 11 is 0. The number of sulfonamides is 1. The number of rotatable bonds is 4. The molecule has 1 aliphatic rings. The number of benzene rings is 1. The zero-order chi connectivity index (χ0) is 15.5. The van der Waals surface area contributed by atoms with E-state index >= 15 is 0 Å². The zero-order valence-corrected chi connectivity index (χ0v) is 12.7.